The number of nitrogens with one attached hydrogen (secondary N) is 2. The van der Waals surface area contributed by atoms with Gasteiger partial charge in [-0.15, -0.1) is 24.0 Å². The molecule has 22 heavy (non-hydrogen) atoms. The fourth-order valence-corrected chi connectivity index (χ4v) is 1.59. The lowest BCUT2D eigenvalue weighted by molar-refractivity contribution is -0.153. The summed E-state index contributed by atoms with van der Waals surface area (Å²) in [4.78, 5) is 15.6. The number of hydrogen-bond acceptors (Lipinski definition) is 3. The van der Waals surface area contributed by atoms with Crippen LogP contribution in [0.3, 0.4) is 0 Å². The summed E-state index contributed by atoms with van der Waals surface area (Å²) >= 11 is 0. The maximum atomic E-state index is 13.1. The van der Waals surface area contributed by atoms with Crippen LogP contribution in [0.25, 0.3) is 0 Å². The predicted octanol–water partition coefficient (Wildman–Crippen LogP) is 2.45. The van der Waals surface area contributed by atoms with E-state index in [2.05, 4.69) is 15.6 Å². The lowest BCUT2D eigenvalue weighted by Gasteiger charge is -2.20. The lowest BCUT2D eigenvalue weighted by atomic mass is 10.2. The summed E-state index contributed by atoms with van der Waals surface area (Å²) in [6.45, 7) is 5.84. The first-order chi connectivity index (χ1) is 9.80. The molecule has 0 fully saturated rings. The molecule has 1 aromatic rings. The number of rotatable bonds is 4. The summed E-state index contributed by atoms with van der Waals surface area (Å²) < 4.78 is 18.2. The van der Waals surface area contributed by atoms with Gasteiger partial charge in [0.2, 0.25) is 0 Å². The number of halogens is 2. The number of guanidine groups is 1. The van der Waals surface area contributed by atoms with Crippen molar-refractivity contribution in [1.82, 2.24) is 10.6 Å². The van der Waals surface area contributed by atoms with Crippen LogP contribution in [0.5, 0.6) is 0 Å². The molecule has 0 bridgehead atoms. The molecule has 0 aliphatic carbocycles. The first-order valence-corrected chi connectivity index (χ1v) is 6.71. The van der Waals surface area contributed by atoms with E-state index in [1.807, 2.05) is 20.8 Å². The average molecular weight is 423 g/mol. The highest BCUT2D eigenvalue weighted by Crippen LogP contribution is 2.06. The average Bonchev–Trinajstić information content (AvgIpc) is 2.37. The van der Waals surface area contributed by atoms with Crippen molar-refractivity contribution in [2.24, 2.45) is 4.99 Å². The Morgan fingerprint density at radius 1 is 1.32 bits per heavy atom. The summed E-state index contributed by atoms with van der Waals surface area (Å²) in [5.74, 6) is -0.202. The van der Waals surface area contributed by atoms with E-state index < -0.39 is 5.60 Å². The van der Waals surface area contributed by atoms with Gasteiger partial charge in [-0.2, -0.15) is 0 Å². The van der Waals surface area contributed by atoms with Crippen LogP contribution >= 0.6 is 24.0 Å². The van der Waals surface area contributed by atoms with E-state index in [0.717, 1.165) is 5.56 Å². The van der Waals surface area contributed by atoms with Gasteiger partial charge in [0.15, 0.2) is 5.96 Å². The highest BCUT2D eigenvalue weighted by Gasteiger charge is 2.16. The van der Waals surface area contributed by atoms with Gasteiger partial charge in [-0.3, -0.25) is 9.79 Å². The standard InChI is InChI=1S/C15H22FN3O2.HI/c1-15(2,3)21-13(20)10-19-14(17-4)18-9-11-6-5-7-12(16)8-11;/h5-8H,9-10H2,1-4H3,(H2,17,18,19);1H. The SMILES string of the molecule is CN=C(NCC(=O)OC(C)(C)C)NCc1cccc(F)c1.I. The number of benzene rings is 1. The van der Waals surface area contributed by atoms with Crippen molar-refractivity contribution in [2.75, 3.05) is 13.6 Å². The molecule has 1 rings (SSSR count). The van der Waals surface area contributed by atoms with Gasteiger partial charge in [-0.05, 0) is 38.5 Å². The Morgan fingerprint density at radius 3 is 2.55 bits per heavy atom. The van der Waals surface area contributed by atoms with Crippen LogP contribution in [0.15, 0.2) is 29.3 Å². The molecule has 7 heteroatoms. The Hall–Kier alpha value is -1.38. The predicted molar refractivity (Wildman–Crippen MR) is 95.9 cm³/mol. The molecule has 5 nitrogen and oxygen atoms in total. The van der Waals surface area contributed by atoms with Crippen LogP contribution in [0, 0.1) is 5.82 Å². The molecule has 0 heterocycles. The van der Waals surface area contributed by atoms with Gasteiger partial charge in [-0.25, -0.2) is 4.39 Å². The first-order valence-electron chi connectivity index (χ1n) is 6.71. The third-order valence-corrected chi connectivity index (χ3v) is 2.39. The van der Waals surface area contributed by atoms with Gasteiger partial charge in [0.1, 0.15) is 18.0 Å². The smallest absolute Gasteiger partial charge is 0.325 e. The third-order valence-electron chi connectivity index (χ3n) is 2.39. The molecular weight excluding hydrogens is 400 g/mol. The van der Waals surface area contributed by atoms with Crippen molar-refractivity contribution in [3.8, 4) is 0 Å². The summed E-state index contributed by atoms with van der Waals surface area (Å²) in [6, 6.07) is 6.27. The third kappa shape index (κ3) is 8.81. The number of ether oxygens (including phenoxy) is 1. The molecule has 0 saturated carbocycles. The zero-order valence-electron chi connectivity index (χ0n) is 13.3. The van der Waals surface area contributed by atoms with Crippen molar-refractivity contribution < 1.29 is 13.9 Å². The van der Waals surface area contributed by atoms with E-state index in [-0.39, 0.29) is 42.3 Å². The van der Waals surface area contributed by atoms with Crippen molar-refractivity contribution >= 4 is 35.9 Å². The molecule has 0 radical (unpaired) electrons. The number of aliphatic imine (C=N–C) groups is 1. The zero-order chi connectivity index (χ0) is 15.9. The normalized spacial score (nSPS) is 11.4. The minimum Gasteiger partial charge on any atom is -0.459 e. The second-order valence-electron chi connectivity index (χ2n) is 5.50. The Balaban J connectivity index is 0.00000441. The Bertz CT molecular complexity index is 516. The van der Waals surface area contributed by atoms with E-state index in [4.69, 9.17) is 4.74 Å². The minimum atomic E-state index is -0.517. The lowest BCUT2D eigenvalue weighted by Crippen LogP contribution is -2.41. The van der Waals surface area contributed by atoms with Gasteiger partial charge < -0.3 is 15.4 Å². The number of nitrogens with zero attached hydrogens (tertiary/aromatic N) is 1. The molecule has 0 aliphatic heterocycles. The molecule has 0 spiro atoms. The Morgan fingerprint density at radius 2 is 2.00 bits per heavy atom. The van der Waals surface area contributed by atoms with Crippen molar-refractivity contribution in [1.29, 1.82) is 0 Å². The maximum Gasteiger partial charge on any atom is 0.325 e. The van der Waals surface area contributed by atoms with E-state index in [9.17, 15) is 9.18 Å². The van der Waals surface area contributed by atoms with Crippen LogP contribution < -0.4 is 10.6 Å². The first kappa shape index (κ1) is 20.6. The topological polar surface area (TPSA) is 62.7 Å². The fraction of sp³-hybridized carbons (Fsp3) is 0.467. The van der Waals surface area contributed by atoms with E-state index in [1.165, 1.54) is 12.1 Å². The quantitative estimate of drug-likeness (QED) is 0.338. The molecule has 0 atom stereocenters. The molecule has 0 unspecified atom stereocenters. The van der Waals surface area contributed by atoms with Gasteiger partial charge in [-0.1, -0.05) is 12.1 Å². The summed E-state index contributed by atoms with van der Waals surface area (Å²) in [5, 5.41) is 5.84. The van der Waals surface area contributed by atoms with E-state index >= 15 is 0 Å². The molecule has 0 saturated heterocycles. The zero-order valence-corrected chi connectivity index (χ0v) is 15.6. The van der Waals surface area contributed by atoms with Crippen molar-refractivity contribution in [3.05, 3.63) is 35.6 Å². The van der Waals surface area contributed by atoms with Crippen LogP contribution in [0.2, 0.25) is 0 Å². The van der Waals surface area contributed by atoms with Gasteiger partial charge >= 0.3 is 5.97 Å². The highest BCUT2D eigenvalue weighted by atomic mass is 127. The minimum absolute atomic E-state index is 0. The van der Waals surface area contributed by atoms with Gasteiger partial charge in [0, 0.05) is 13.6 Å². The number of carbonyl (C=O) groups excluding carboxylic acids is 1. The number of esters is 1. The molecular formula is C15H23FIN3O2. The molecule has 2 N–H and O–H groups in total. The largest absolute Gasteiger partial charge is 0.459 e. The van der Waals surface area contributed by atoms with E-state index in [0.29, 0.717) is 12.5 Å². The van der Waals surface area contributed by atoms with Crippen molar-refractivity contribution in [2.45, 2.75) is 32.9 Å². The molecule has 124 valence electrons. The van der Waals surface area contributed by atoms with Gasteiger partial charge in [0.25, 0.3) is 0 Å². The second kappa shape index (κ2) is 9.60. The molecule has 0 amide bonds. The number of hydrogen-bond donors (Lipinski definition) is 2. The van der Waals surface area contributed by atoms with Crippen LogP contribution in [-0.4, -0.2) is 31.1 Å². The monoisotopic (exact) mass is 423 g/mol. The molecule has 1 aromatic carbocycles. The highest BCUT2D eigenvalue weighted by molar-refractivity contribution is 14.0. The van der Waals surface area contributed by atoms with Crippen LogP contribution in [0.4, 0.5) is 4.39 Å². The summed E-state index contributed by atoms with van der Waals surface area (Å²) in [7, 11) is 1.59. The fourth-order valence-electron chi connectivity index (χ4n) is 1.59. The summed E-state index contributed by atoms with van der Waals surface area (Å²) in [6.07, 6.45) is 0. The Labute approximate surface area is 147 Å². The summed E-state index contributed by atoms with van der Waals surface area (Å²) in [5.41, 5.74) is 0.271. The van der Waals surface area contributed by atoms with Crippen LogP contribution in [-0.2, 0) is 16.1 Å². The molecule has 0 aliphatic rings. The maximum absolute atomic E-state index is 13.1. The van der Waals surface area contributed by atoms with Crippen LogP contribution in [0.1, 0.15) is 26.3 Å². The van der Waals surface area contributed by atoms with E-state index in [1.54, 1.807) is 19.2 Å². The van der Waals surface area contributed by atoms with Gasteiger partial charge in [0.05, 0.1) is 0 Å². The van der Waals surface area contributed by atoms with Crippen molar-refractivity contribution in [3.63, 3.8) is 0 Å². The Kier molecular flexibility index (Phi) is 9.00. The second-order valence-corrected chi connectivity index (χ2v) is 5.50. The molecule has 0 aromatic heterocycles. The number of carbonyl (C=O) groups is 1.